The summed E-state index contributed by atoms with van der Waals surface area (Å²) in [6.07, 6.45) is 6.63. The maximum absolute atomic E-state index is 2.33. The molecule has 0 fully saturated rings. The lowest BCUT2D eigenvalue weighted by atomic mass is 10.0. The quantitative estimate of drug-likeness (QED) is 0.726. The second kappa shape index (κ2) is 7.32. The largest absolute Gasteiger partial charge is 1.00 e. The molecule has 1 unspecified atom stereocenters. The molecule has 0 radical (unpaired) electrons. The van der Waals surface area contributed by atoms with E-state index >= 15 is 0 Å². The average molecular weight is 306 g/mol. The summed E-state index contributed by atoms with van der Waals surface area (Å²) < 4.78 is 2.33. The molecule has 96 valence electrons. The first-order valence-electron chi connectivity index (χ1n) is 6.39. The normalized spacial score (nSPS) is 11.7. The van der Waals surface area contributed by atoms with Gasteiger partial charge in [0.25, 0.3) is 0 Å². The number of halogens is 1. The zero-order valence-electron chi connectivity index (χ0n) is 11.0. The van der Waals surface area contributed by atoms with Crippen molar-refractivity contribution < 1.29 is 21.5 Å². The Balaban J connectivity index is 0.00000162. The van der Waals surface area contributed by atoms with Crippen molar-refractivity contribution >= 4 is 0 Å². The first-order chi connectivity index (χ1) is 8.35. The number of nitrogens with zero attached hydrogens (tertiary/aromatic N) is 1. The summed E-state index contributed by atoms with van der Waals surface area (Å²) >= 11 is 0. The molecule has 0 bridgehead atoms. The van der Waals surface area contributed by atoms with Crippen LogP contribution in [0.2, 0.25) is 0 Å². The van der Waals surface area contributed by atoms with Gasteiger partial charge in [0.2, 0.25) is 0 Å². The van der Waals surface area contributed by atoms with Crippen LogP contribution in [0, 0.1) is 0 Å². The fourth-order valence-electron chi connectivity index (χ4n) is 2.24. The van der Waals surface area contributed by atoms with Crippen molar-refractivity contribution in [3.63, 3.8) is 0 Å². The molecule has 2 aromatic rings. The van der Waals surface area contributed by atoms with E-state index in [0.717, 1.165) is 12.8 Å². The van der Waals surface area contributed by atoms with Crippen LogP contribution in [0.1, 0.15) is 37.4 Å². The summed E-state index contributed by atoms with van der Waals surface area (Å²) in [5.74, 6) is 0. The minimum Gasteiger partial charge on any atom is -1.00 e. The van der Waals surface area contributed by atoms with Crippen molar-refractivity contribution in [3.05, 3.63) is 66.0 Å². The Bertz CT molecular complexity index is 468. The van der Waals surface area contributed by atoms with E-state index in [0.29, 0.717) is 6.04 Å². The number of benzene rings is 1. The Morgan fingerprint density at radius 1 is 1.00 bits per heavy atom. The fourth-order valence-corrected chi connectivity index (χ4v) is 2.24. The minimum atomic E-state index is 0. The molecular weight excluding hydrogens is 286 g/mol. The lowest BCUT2D eigenvalue weighted by molar-refractivity contribution is -0.714. The van der Waals surface area contributed by atoms with E-state index in [1.165, 1.54) is 11.1 Å². The van der Waals surface area contributed by atoms with Gasteiger partial charge in [-0.05, 0) is 12.5 Å². The van der Waals surface area contributed by atoms with Gasteiger partial charge in [-0.25, -0.2) is 0 Å². The van der Waals surface area contributed by atoms with Crippen LogP contribution in [0.25, 0.3) is 0 Å². The molecule has 0 saturated carbocycles. The van der Waals surface area contributed by atoms with E-state index in [2.05, 4.69) is 73.3 Å². The molecule has 18 heavy (non-hydrogen) atoms. The molecule has 0 spiro atoms. The maximum atomic E-state index is 2.33. The second-order valence-electron chi connectivity index (χ2n) is 4.35. The summed E-state index contributed by atoms with van der Waals surface area (Å²) in [6.45, 7) is 4.44. The molecule has 0 aliphatic heterocycles. The highest BCUT2D eigenvalue weighted by Crippen LogP contribution is 2.15. The monoisotopic (exact) mass is 305 g/mol. The summed E-state index contributed by atoms with van der Waals surface area (Å²) in [7, 11) is 0. The van der Waals surface area contributed by atoms with Gasteiger partial charge >= 0.3 is 0 Å². The van der Waals surface area contributed by atoms with E-state index in [1.54, 1.807) is 0 Å². The lowest BCUT2D eigenvalue weighted by Gasteiger charge is -2.11. The third-order valence-corrected chi connectivity index (χ3v) is 3.22. The zero-order valence-corrected chi connectivity index (χ0v) is 12.6. The summed E-state index contributed by atoms with van der Waals surface area (Å²) in [6, 6.07) is 15.5. The number of aryl methyl sites for hydroxylation is 1. The van der Waals surface area contributed by atoms with Gasteiger partial charge in [-0.15, -0.1) is 0 Å². The van der Waals surface area contributed by atoms with Crippen LogP contribution in [-0.4, -0.2) is 0 Å². The van der Waals surface area contributed by atoms with Gasteiger partial charge in [0.05, 0.1) is 0 Å². The third kappa shape index (κ3) is 3.42. The van der Waals surface area contributed by atoms with E-state index < -0.39 is 0 Å². The van der Waals surface area contributed by atoms with Gasteiger partial charge in [0, 0.05) is 23.6 Å². The van der Waals surface area contributed by atoms with Crippen LogP contribution in [0.5, 0.6) is 0 Å². The SMILES string of the molecule is CCc1ccc[n+](C(CC)c2ccccc2)c1.[Br-]. The number of aromatic nitrogens is 1. The maximum Gasteiger partial charge on any atom is 0.183 e. The van der Waals surface area contributed by atoms with Gasteiger partial charge in [-0.2, -0.15) is 4.57 Å². The summed E-state index contributed by atoms with van der Waals surface area (Å²) in [5, 5.41) is 0. The number of hydrogen-bond acceptors (Lipinski definition) is 0. The fraction of sp³-hybridized carbons (Fsp3) is 0.312. The topological polar surface area (TPSA) is 3.88 Å². The molecular formula is C16H20BrN. The van der Waals surface area contributed by atoms with E-state index in [-0.39, 0.29) is 17.0 Å². The first-order valence-corrected chi connectivity index (χ1v) is 6.39. The van der Waals surface area contributed by atoms with Crippen molar-refractivity contribution in [2.24, 2.45) is 0 Å². The first kappa shape index (κ1) is 14.9. The molecule has 0 aliphatic carbocycles. The molecule has 2 heteroatoms. The zero-order chi connectivity index (χ0) is 12.1. The molecule has 1 heterocycles. The minimum absolute atomic E-state index is 0. The van der Waals surface area contributed by atoms with Gasteiger partial charge in [-0.1, -0.05) is 44.2 Å². The van der Waals surface area contributed by atoms with Crippen molar-refractivity contribution in [1.82, 2.24) is 0 Å². The van der Waals surface area contributed by atoms with Crippen molar-refractivity contribution in [2.45, 2.75) is 32.7 Å². The lowest BCUT2D eigenvalue weighted by Crippen LogP contribution is -3.00. The summed E-state index contributed by atoms with van der Waals surface area (Å²) in [5.41, 5.74) is 2.77. The molecule has 1 aromatic heterocycles. The van der Waals surface area contributed by atoms with Crippen LogP contribution in [-0.2, 0) is 6.42 Å². The smallest absolute Gasteiger partial charge is 0.183 e. The Morgan fingerprint density at radius 3 is 2.33 bits per heavy atom. The highest BCUT2D eigenvalue weighted by Gasteiger charge is 2.18. The van der Waals surface area contributed by atoms with Crippen molar-refractivity contribution in [2.75, 3.05) is 0 Å². The molecule has 2 rings (SSSR count). The Hall–Kier alpha value is -1.15. The number of hydrogen-bond donors (Lipinski definition) is 0. The number of pyridine rings is 1. The standard InChI is InChI=1S/C16H20N.BrH/c1-3-14-9-8-12-17(13-14)16(4-2)15-10-6-5-7-11-15;/h5-13,16H,3-4H2,1-2H3;1H/q+1;/p-1. The van der Waals surface area contributed by atoms with Crippen LogP contribution < -0.4 is 21.5 Å². The predicted molar refractivity (Wildman–Crippen MR) is 70.9 cm³/mol. The third-order valence-electron chi connectivity index (χ3n) is 3.22. The Kier molecular flexibility index (Phi) is 6.06. The van der Waals surface area contributed by atoms with E-state index in [4.69, 9.17) is 0 Å². The predicted octanol–water partition coefficient (Wildman–Crippen LogP) is 0.540. The number of rotatable bonds is 4. The Labute approximate surface area is 120 Å². The highest BCUT2D eigenvalue weighted by molar-refractivity contribution is 5.17. The van der Waals surface area contributed by atoms with Gasteiger partial charge < -0.3 is 17.0 Å². The van der Waals surface area contributed by atoms with Gasteiger partial charge in [-0.3, -0.25) is 0 Å². The molecule has 1 atom stereocenters. The van der Waals surface area contributed by atoms with Crippen LogP contribution in [0.4, 0.5) is 0 Å². The molecule has 0 aliphatic rings. The summed E-state index contributed by atoms with van der Waals surface area (Å²) in [4.78, 5) is 0. The van der Waals surface area contributed by atoms with E-state index in [1.807, 2.05) is 0 Å². The average Bonchev–Trinajstić information content (AvgIpc) is 2.41. The van der Waals surface area contributed by atoms with E-state index in [9.17, 15) is 0 Å². The van der Waals surface area contributed by atoms with Crippen molar-refractivity contribution in [3.8, 4) is 0 Å². The Morgan fingerprint density at radius 2 is 1.72 bits per heavy atom. The van der Waals surface area contributed by atoms with Gasteiger partial charge in [0.1, 0.15) is 0 Å². The molecule has 1 aromatic carbocycles. The van der Waals surface area contributed by atoms with Crippen LogP contribution >= 0.6 is 0 Å². The molecule has 1 nitrogen and oxygen atoms in total. The van der Waals surface area contributed by atoms with Gasteiger partial charge in [0.15, 0.2) is 18.4 Å². The van der Waals surface area contributed by atoms with Crippen LogP contribution in [0.15, 0.2) is 54.9 Å². The molecule has 0 amide bonds. The highest BCUT2D eigenvalue weighted by atomic mass is 79.9. The molecule has 0 N–H and O–H groups in total. The van der Waals surface area contributed by atoms with Crippen LogP contribution in [0.3, 0.4) is 0 Å². The molecule has 0 saturated heterocycles. The second-order valence-corrected chi connectivity index (χ2v) is 4.35. The van der Waals surface area contributed by atoms with Crippen molar-refractivity contribution in [1.29, 1.82) is 0 Å².